The fourth-order valence-corrected chi connectivity index (χ4v) is 12.2. The summed E-state index contributed by atoms with van der Waals surface area (Å²) in [7, 11) is 0. The zero-order valence-corrected chi connectivity index (χ0v) is 44.9. The normalized spacial score (nSPS) is 12.0. The van der Waals surface area contributed by atoms with Crippen LogP contribution in [0.1, 0.15) is 40.7 Å². The van der Waals surface area contributed by atoms with E-state index in [2.05, 4.69) is 168 Å². The quantitative estimate of drug-likeness (QED) is 0.136. The van der Waals surface area contributed by atoms with Gasteiger partial charge in [0.15, 0.2) is 0 Å². The first-order chi connectivity index (χ1) is 41.0. The highest BCUT2D eigenvalue weighted by Crippen LogP contribution is 2.45. The minimum Gasteiger partial charge on any atom is -0.310 e. The molecule has 83 heavy (non-hydrogen) atoms. The van der Waals surface area contributed by atoms with Crippen molar-refractivity contribution in [2.75, 3.05) is 4.90 Å². The van der Waals surface area contributed by atoms with E-state index in [4.69, 9.17) is 0 Å². The number of rotatable bonds is 10. The number of hydrogen-bond donors (Lipinski definition) is 0. The standard InChI is InChI=1S/C76H47N7/c77-46-60-38-65(39-61(47-78)75(60)82-71-34-28-56(51-18-8-2-9-19-51)42-67(71)68-43-57(29-35-72(68)82)52-20-10-3-11-21-52)81(64-32-26-55(27-33-64)50-16-6-1-7-17-50)66-40-62(48-79)76(63(41-66)49-80)83-73-36-30-58(53-22-12-4-13-23-53)44-69(73)70-45-59(31-37-74(70)83)54-24-14-5-15-25-54/h1-4,6-14,16-45H,5,15H2. The van der Waals surface area contributed by atoms with Crippen LogP contribution >= 0.6 is 0 Å². The largest absolute Gasteiger partial charge is 0.310 e. The molecule has 0 saturated heterocycles. The Morgan fingerprint density at radius 3 is 0.952 bits per heavy atom. The highest BCUT2D eigenvalue weighted by Gasteiger charge is 2.27. The molecule has 0 saturated carbocycles. The lowest BCUT2D eigenvalue weighted by atomic mass is 9.97. The second-order valence-corrected chi connectivity index (χ2v) is 20.8. The van der Waals surface area contributed by atoms with Crippen LogP contribution in [0.25, 0.3) is 105 Å². The van der Waals surface area contributed by atoms with E-state index in [0.29, 0.717) is 28.4 Å². The zero-order valence-electron chi connectivity index (χ0n) is 44.9. The van der Waals surface area contributed by atoms with Gasteiger partial charge in [0.1, 0.15) is 24.3 Å². The van der Waals surface area contributed by atoms with Gasteiger partial charge in [-0.05, 0) is 153 Å². The number of benzene rings is 11. The van der Waals surface area contributed by atoms with Gasteiger partial charge in [-0.15, -0.1) is 0 Å². The molecule has 0 atom stereocenters. The number of hydrogen-bond acceptors (Lipinski definition) is 5. The summed E-state index contributed by atoms with van der Waals surface area (Å²) in [6.07, 6.45) is 8.64. The van der Waals surface area contributed by atoms with E-state index in [1.165, 1.54) is 0 Å². The third kappa shape index (κ3) is 8.68. The number of nitrogens with zero attached hydrogens (tertiary/aromatic N) is 7. The number of fused-ring (bicyclic) bond motifs is 6. The van der Waals surface area contributed by atoms with Crippen LogP contribution in [0.15, 0.2) is 261 Å². The maximum atomic E-state index is 11.4. The minimum atomic E-state index is 0.264. The van der Waals surface area contributed by atoms with Gasteiger partial charge in [0.05, 0.1) is 55.7 Å². The smallest absolute Gasteiger partial charge is 0.101 e. The van der Waals surface area contributed by atoms with Crippen molar-refractivity contribution in [2.24, 2.45) is 0 Å². The summed E-state index contributed by atoms with van der Waals surface area (Å²) < 4.78 is 4.10. The lowest BCUT2D eigenvalue weighted by molar-refractivity contribution is 1.04. The van der Waals surface area contributed by atoms with Gasteiger partial charge in [-0.25, -0.2) is 0 Å². The van der Waals surface area contributed by atoms with Crippen LogP contribution in [0.5, 0.6) is 0 Å². The molecule has 0 N–H and O–H groups in total. The molecule has 2 heterocycles. The molecule has 0 bridgehead atoms. The molecule has 11 aromatic carbocycles. The van der Waals surface area contributed by atoms with E-state index in [0.717, 1.165) is 112 Å². The molecule has 0 spiro atoms. The molecular weight excluding hydrogens is 1010 g/mol. The minimum absolute atomic E-state index is 0.264. The van der Waals surface area contributed by atoms with E-state index in [9.17, 15) is 21.0 Å². The molecular formula is C76H47N7. The third-order valence-corrected chi connectivity index (χ3v) is 16.0. The SMILES string of the molecule is N#Cc1cc(N(c2ccc(-c3ccccc3)cc2)c2cc(C#N)c(-n3c4ccc(-c5ccccc5)cc4c4cc(-c5ccccc5)ccc43)c(C#N)c2)cc(C#N)c1-n1c2ccc(C3=CCCC=C3)cc2c2cc(-c3ccccc3)ccc21. The molecule has 0 amide bonds. The predicted octanol–water partition coefficient (Wildman–Crippen LogP) is 19.2. The Morgan fingerprint density at radius 1 is 0.301 bits per heavy atom. The molecule has 14 rings (SSSR count). The zero-order chi connectivity index (χ0) is 56.0. The lowest BCUT2D eigenvalue weighted by Gasteiger charge is -2.28. The highest BCUT2D eigenvalue weighted by atomic mass is 15.1. The average Bonchev–Trinajstić information content (AvgIpc) is 3.10. The number of allylic oxidation sites excluding steroid dienone is 4. The molecule has 0 radical (unpaired) electrons. The van der Waals surface area contributed by atoms with Gasteiger partial charge in [-0.1, -0.05) is 176 Å². The van der Waals surface area contributed by atoms with E-state index in [1.54, 1.807) is 0 Å². The molecule has 7 nitrogen and oxygen atoms in total. The van der Waals surface area contributed by atoms with Crippen molar-refractivity contribution in [2.45, 2.75) is 12.8 Å². The first-order valence-electron chi connectivity index (χ1n) is 27.6. The van der Waals surface area contributed by atoms with Crippen LogP contribution in [0, 0.1) is 45.3 Å². The van der Waals surface area contributed by atoms with Gasteiger partial charge in [0.2, 0.25) is 0 Å². The van der Waals surface area contributed by atoms with Gasteiger partial charge in [0, 0.05) is 38.6 Å². The van der Waals surface area contributed by atoms with Gasteiger partial charge < -0.3 is 14.0 Å². The van der Waals surface area contributed by atoms with Crippen molar-refractivity contribution in [3.63, 3.8) is 0 Å². The number of nitriles is 4. The Balaban J connectivity index is 0.978. The summed E-state index contributed by atoms with van der Waals surface area (Å²) in [5, 5.41) is 49.7. The van der Waals surface area contributed by atoms with Crippen molar-refractivity contribution in [1.82, 2.24) is 9.13 Å². The summed E-state index contributed by atoms with van der Waals surface area (Å²) in [6, 6.07) is 91.9. The van der Waals surface area contributed by atoms with Crippen molar-refractivity contribution in [3.05, 3.63) is 289 Å². The molecule has 0 fully saturated rings. The fourth-order valence-electron chi connectivity index (χ4n) is 12.2. The molecule has 386 valence electrons. The summed E-state index contributed by atoms with van der Waals surface area (Å²) in [5.41, 5.74) is 17.7. The second-order valence-electron chi connectivity index (χ2n) is 20.8. The van der Waals surface area contributed by atoms with Gasteiger partial charge in [0.25, 0.3) is 0 Å². The van der Waals surface area contributed by atoms with E-state index >= 15 is 0 Å². The Labute approximate surface area is 480 Å². The monoisotopic (exact) mass is 1060 g/mol. The third-order valence-electron chi connectivity index (χ3n) is 16.0. The van der Waals surface area contributed by atoms with Gasteiger partial charge in [-0.2, -0.15) is 21.0 Å². The Kier molecular flexibility index (Phi) is 12.4. The highest BCUT2D eigenvalue weighted by molar-refractivity contribution is 6.13. The summed E-state index contributed by atoms with van der Waals surface area (Å²) >= 11 is 0. The number of anilines is 3. The first-order valence-corrected chi connectivity index (χ1v) is 27.6. The Bertz CT molecular complexity index is 4810. The van der Waals surface area contributed by atoms with Crippen LogP contribution < -0.4 is 4.90 Å². The number of aromatic nitrogens is 2. The van der Waals surface area contributed by atoms with Crippen molar-refractivity contribution < 1.29 is 0 Å². The van der Waals surface area contributed by atoms with Gasteiger partial charge >= 0.3 is 0 Å². The molecule has 7 heteroatoms. The summed E-state index contributed by atoms with van der Waals surface area (Å²) in [4.78, 5) is 1.94. The van der Waals surface area contributed by atoms with Gasteiger partial charge in [-0.3, -0.25) is 0 Å². The lowest BCUT2D eigenvalue weighted by Crippen LogP contribution is -2.13. The molecule has 0 aliphatic heterocycles. The van der Waals surface area contributed by atoms with Crippen molar-refractivity contribution in [1.29, 1.82) is 21.0 Å². The molecule has 13 aromatic rings. The molecule has 0 unspecified atom stereocenters. The maximum absolute atomic E-state index is 11.4. The Morgan fingerprint density at radius 2 is 0.614 bits per heavy atom. The van der Waals surface area contributed by atoms with Crippen molar-refractivity contribution in [3.8, 4) is 80.2 Å². The topological polar surface area (TPSA) is 108 Å². The Hall–Kier alpha value is -11.7. The summed E-state index contributed by atoms with van der Waals surface area (Å²) in [5.74, 6) is 0. The fraction of sp³-hybridized carbons (Fsp3) is 0.0263. The van der Waals surface area contributed by atoms with E-state index < -0.39 is 0 Å². The molecule has 2 aromatic heterocycles. The molecule has 1 aliphatic carbocycles. The van der Waals surface area contributed by atoms with Crippen molar-refractivity contribution >= 4 is 66.2 Å². The van der Waals surface area contributed by atoms with Crippen LogP contribution in [-0.2, 0) is 0 Å². The van der Waals surface area contributed by atoms with Crippen LogP contribution in [0.3, 0.4) is 0 Å². The summed E-state index contributed by atoms with van der Waals surface area (Å²) in [6.45, 7) is 0. The van der Waals surface area contributed by atoms with Crippen LogP contribution in [0.4, 0.5) is 17.1 Å². The second kappa shape index (κ2) is 20.8. The maximum Gasteiger partial charge on any atom is 0.101 e. The average molecular weight is 1060 g/mol. The van der Waals surface area contributed by atoms with E-state index in [-0.39, 0.29) is 22.3 Å². The van der Waals surface area contributed by atoms with Crippen LogP contribution in [0.2, 0.25) is 0 Å². The predicted molar refractivity (Wildman–Crippen MR) is 337 cm³/mol. The van der Waals surface area contributed by atoms with E-state index in [1.807, 2.05) is 131 Å². The first kappa shape index (κ1) is 49.5. The van der Waals surface area contributed by atoms with Crippen LogP contribution in [-0.4, -0.2) is 9.13 Å². The molecule has 1 aliphatic rings.